The predicted molar refractivity (Wildman–Crippen MR) is 107 cm³/mol. The van der Waals surface area contributed by atoms with Crippen LogP contribution in [0.3, 0.4) is 0 Å². The summed E-state index contributed by atoms with van der Waals surface area (Å²) in [7, 11) is 3.54. The number of carbonyl (C=O) groups excluding carboxylic acids is 1. The van der Waals surface area contributed by atoms with Crippen LogP contribution in [0.15, 0.2) is 59.8 Å². The van der Waals surface area contributed by atoms with Gasteiger partial charge in [-0.15, -0.1) is 10.2 Å². The maximum absolute atomic E-state index is 12.5. The normalized spacial score (nSPS) is 11.8. The van der Waals surface area contributed by atoms with E-state index < -0.39 is 0 Å². The molecule has 6 nitrogen and oxygen atoms in total. The van der Waals surface area contributed by atoms with E-state index in [2.05, 4.69) is 27.6 Å². The maximum Gasteiger partial charge on any atom is 0.237 e. The SMILES string of the molecule is COc1ccc(NC(=O)[C@@H](C)Sc2nnc(Cc3ccccc3)n2C)cc1. The third-order valence-electron chi connectivity index (χ3n) is 4.14. The Morgan fingerprint density at radius 3 is 2.52 bits per heavy atom. The van der Waals surface area contributed by atoms with E-state index in [9.17, 15) is 4.79 Å². The minimum atomic E-state index is -0.306. The van der Waals surface area contributed by atoms with Crippen LogP contribution in [0.1, 0.15) is 18.3 Å². The lowest BCUT2D eigenvalue weighted by Gasteiger charge is -2.12. The number of nitrogens with zero attached hydrogens (tertiary/aromatic N) is 3. The summed E-state index contributed by atoms with van der Waals surface area (Å²) in [5.74, 6) is 1.53. The average molecular weight is 382 g/mol. The monoisotopic (exact) mass is 382 g/mol. The second kappa shape index (κ2) is 8.73. The van der Waals surface area contributed by atoms with Gasteiger partial charge in [0, 0.05) is 19.2 Å². The predicted octanol–water partition coefficient (Wildman–Crippen LogP) is 3.53. The first-order valence-electron chi connectivity index (χ1n) is 8.60. The molecule has 0 aliphatic rings. The second-order valence-corrected chi connectivity index (χ2v) is 7.41. The number of rotatable bonds is 7. The molecule has 0 spiro atoms. The third kappa shape index (κ3) is 4.89. The number of thioether (sulfide) groups is 1. The van der Waals surface area contributed by atoms with Crippen molar-refractivity contribution in [2.75, 3.05) is 12.4 Å². The lowest BCUT2D eigenvalue weighted by molar-refractivity contribution is -0.115. The highest BCUT2D eigenvalue weighted by molar-refractivity contribution is 8.00. The first-order valence-corrected chi connectivity index (χ1v) is 9.48. The van der Waals surface area contributed by atoms with Crippen molar-refractivity contribution in [1.29, 1.82) is 0 Å². The van der Waals surface area contributed by atoms with Gasteiger partial charge >= 0.3 is 0 Å². The first kappa shape index (κ1) is 19.0. The number of ether oxygens (including phenoxy) is 1. The lowest BCUT2D eigenvalue weighted by atomic mass is 10.1. The Labute approximate surface area is 163 Å². The van der Waals surface area contributed by atoms with Gasteiger partial charge in [-0.3, -0.25) is 4.79 Å². The van der Waals surface area contributed by atoms with Gasteiger partial charge in [0.15, 0.2) is 5.16 Å². The molecule has 0 fully saturated rings. The summed E-state index contributed by atoms with van der Waals surface area (Å²) in [4.78, 5) is 12.5. The highest BCUT2D eigenvalue weighted by atomic mass is 32.2. The summed E-state index contributed by atoms with van der Waals surface area (Å²) >= 11 is 1.39. The quantitative estimate of drug-likeness (QED) is 0.633. The largest absolute Gasteiger partial charge is 0.497 e. The molecule has 1 atom stereocenters. The fourth-order valence-corrected chi connectivity index (χ4v) is 3.34. The van der Waals surface area contributed by atoms with Crippen molar-refractivity contribution in [1.82, 2.24) is 14.8 Å². The number of benzene rings is 2. The van der Waals surface area contributed by atoms with Crippen molar-refractivity contribution in [3.05, 3.63) is 66.0 Å². The number of hydrogen-bond acceptors (Lipinski definition) is 5. The van der Waals surface area contributed by atoms with Crippen molar-refractivity contribution in [2.24, 2.45) is 7.05 Å². The van der Waals surface area contributed by atoms with Gasteiger partial charge < -0.3 is 14.6 Å². The van der Waals surface area contributed by atoms with Crippen molar-refractivity contribution < 1.29 is 9.53 Å². The highest BCUT2D eigenvalue weighted by Crippen LogP contribution is 2.24. The molecule has 0 bridgehead atoms. The van der Waals surface area contributed by atoms with Gasteiger partial charge in [0.25, 0.3) is 0 Å². The van der Waals surface area contributed by atoms with Crippen molar-refractivity contribution >= 4 is 23.4 Å². The lowest BCUT2D eigenvalue weighted by Crippen LogP contribution is -2.22. The fourth-order valence-electron chi connectivity index (χ4n) is 2.51. The Balaban J connectivity index is 1.61. The summed E-state index contributed by atoms with van der Waals surface area (Å²) < 4.78 is 7.06. The third-order valence-corrected chi connectivity index (χ3v) is 5.27. The molecule has 0 aliphatic heterocycles. The van der Waals surface area contributed by atoms with Crippen molar-refractivity contribution in [3.63, 3.8) is 0 Å². The average Bonchev–Trinajstić information content (AvgIpc) is 3.03. The van der Waals surface area contributed by atoms with E-state index >= 15 is 0 Å². The highest BCUT2D eigenvalue weighted by Gasteiger charge is 2.19. The van der Waals surface area contributed by atoms with Gasteiger partial charge in [-0.25, -0.2) is 0 Å². The van der Waals surface area contributed by atoms with Crippen LogP contribution < -0.4 is 10.1 Å². The van der Waals surface area contributed by atoms with Crippen LogP contribution in [0.4, 0.5) is 5.69 Å². The molecule has 0 saturated carbocycles. The van der Waals surface area contributed by atoms with Crippen LogP contribution in [-0.4, -0.2) is 33.0 Å². The first-order chi connectivity index (χ1) is 13.1. The van der Waals surface area contributed by atoms with Crippen LogP contribution in [0, 0.1) is 0 Å². The number of aromatic nitrogens is 3. The zero-order valence-corrected chi connectivity index (χ0v) is 16.4. The van der Waals surface area contributed by atoms with E-state index in [4.69, 9.17) is 4.74 Å². The molecule has 1 aromatic heterocycles. The van der Waals surface area contributed by atoms with Crippen molar-refractivity contribution in [3.8, 4) is 5.75 Å². The standard InChI is InChI=1S/C20H22N4O2S/c1-14(19(25)21-16-9-11-17(26-3)12-10-16)27-20-23-22-18(24(20)2)13-15-7-5-4-6-8-15/h4-12,14H,13H2,1-3H3,(H,21,25)/t14-/m1/s1. The van der Waals surface area contributed by atoms with Gasteiger partial charge in [0.05, 0.1) is 12.4 Å². The van der Waals surface area contributed by atoms with E-state index in [0.29, 0.717) is 6.42 Å². The Bertz CT molecular complexity index is 894. The Kier molecular flexibility index (Phi) is 6.13. The molecule has 7 heteroatoms. The molecule has 0 aliphatic carbocycles. The van der Waals surface area contributed by atoms with Crippen LogP contribution in [0.25, 0.3) is 0 Å². The molecule has 1 heterocycles. The van der Waals surface area contributed by atoms with Gasteiger partial charge in [0.1, 0.15) is 11.6 Å². The molecule has 0 saturated heterocycles. The number of hydrogen-bond donors (Lipinski definition) is 1. The molecule has 27 heavy (non-hydrogen) atoms. The number of amides is 1. The van der Waals surface area contributed by atoms with Crippen LogP contribution in [0.2, 0.25) is 0 Å². The van der Waals surface area contributed by atoms with Gasteiger partial charge in [-0.05, 0) is 36.8 Å². The number of nitrogens with one attached hydrogen (secondary N) is 1. The summed E-state index contributed by atoms with van der Waals surface area (Å²) in [5, 5.41) is 11.8. The van der Waals surface area contributed by atoms with Crippen LogP contribution in [-0.2, 0) is 18.3 Å². The molecule has 0 radical (unpaired) electrons. The maximum atomic E-state index is 12.5. The fraction of sp³-hybridized carbons (Fsp3) is 0.250. The van der Waals surface area contributed by atoms with E-state index in [1.54, 1.807) is 7.11 Å². The summed E-state index contributed by atoms with van der Waals surface area (Å²) in [6.07, 6.45) is 0.706. The van der Waals surface area contributed by atoms with Crippen molar-refractivity contribution in [2.45, 2.75) is 23.8 Å². The zero-order valence-electron chi connectivity index (χ0n) is 15.5. The van der Waals surface area contributed by atoms with E-state index in [-0.39, 0.29) is 11.2 Å². The molecule has 0 unspecified atom stereocenters. The summed E-state index contributed by atoms with van der Waals surface area (Å²) in [5.41, 5.74) is 1.91. The Morgan fingerprint density at radius 2 is 1.85 bits per heavy atom. The molecule has 1 amide bonds. The number of anilines is 1. The smallest absolute Gasteiger partial charge is 0.237 e. The molecular weight excluding hydrogens is 360 g/mol. The van der Waals surface area contributed by atoms with E-state index in [0.717, 1.165) is 22.4 Å². The molecule has 3 rings (SSSR count). The molecular formula is C20H22N4O2S. The van der Waals surface area contributed by atoms with Gasteiger partial charge in [0.2, 0.25) is 5.91 Å². The minimum absolute atomic E-state index is 0.0854. The number of methoxy groups -OCH3 is 1. The van der Waals surface area contributed by atoms with E-state index in [1.807, 2.05) is 61.0 Å². The molecule has 140 valence electrons. The second-order valence-electron chi connectivity index (χ2n) is 6.10. The number of carbonyl (C=O) groups is 1. The van der Waals surface area contributed by atoms with Crippen LogP contribution in [0.5, 0.6) is 5.75 Å². The van der Waals surface area contributed by atoms with Crippen LogP contribution >= 0.6 is 11.8 Å². The van der Waals surface area contributed by atoms with Gasteiger partial charge in [-0.2, -0.15) is 0 Å². The Hall–Kier alpha value is -2.80. The topological polar surface area (TPSA) is 69.0 Å². The minimum Gasteiger partial charge on any atom is -0.497 e. The Morgan fingerprint density at radius 1 is 1.15 bits per heavy atom. The molecule has 1 N–H and O–H groups in total. The summed E-state index contributed by atoms with van der Waals surface area (Å²) in [6.45, 7) is 1.86. The van der Waals surface area contributed by atoms with E-state index in [1.165, 1.54) is 17.3 Å². The zero-order chi connectivity index (χ0) is 19.2. The van der Waals surface area contributed by atoms with Gasteiger partial charge in [-0.1, -0.05) is 42.1 Å². The molecule has 2 aromatic carbocycles. The molecule has 3 aromatic rings. The summed E-state index contributed by atoms with van der Waals surface area (Å²) in [6, 6.07) is 17.4.